The van der Waals surface area contributed by atoms with Crippen molar-refractivity contribution in [3.05, 3.63) is 64.7 Å². The van der Waals surface area contributed by atoms with Crippen molar-refractivity contribution in [2.45, 2.75) is 69.5 Å². The number of hydrogen-bond donors (Lipinski definition) is 2. The number of sulfonamides is 1. The van der Waals surface area contributed by atoms with Crippen molar-refractivity contribution in [2.75, 3.05) is 19.8 Å². The van der Waals surface area contributed by atoms with Gasteiger partial charge in [0.2, 0.25) is 21.8 Å². The van der Waals surface area contributed by atoms with Crippen molar-refractivity contribution < 1.29 is 22.7 Å². The Morgan fingerprint density at radius 2 is 1.73 bits per heavy atom. The molecule has 202 valence electrons. The van der Waals surface area contributed by atoms with Crippen LogP contribution in [0.5, 0.6) is 0 Å². The van der Waals surface area contributed by atoms with E-state index in [1.54, 1.807) is 48.2 Å². The molecule has 2 amide bonds. The lowest BCUT2D eigenvalue weighted by atomic mass is 10.1. The van der Waals surface area contributed by atoms with Gasteiger partial charge in [-0.15, -0.1) is 0 Å². The second-order valence-corrected chi connectivity index (χ2v) is 11.4. The SMILES string of the molecule is CCOCCCNC(=O)[C@H](C)N(Cc1ccc(Cl)cc1)C(=O)CCc1ccc(S(=O)(=O)NC2CC2)cc1. The van der Waals surface area contributed by atoms with Crippen molar-refractivity contribution in [3.63, 3.8) is 0 Å². The van der Waals surface area contributed by atoms with Crippen molar-refractivity contribution in [3.8, 4) is 0 Å². The Morgan fingerprint density at radius 3 is 2.35 bits per heavy atom. The third-order valence-electron chi connectivity index (χ3n) is 6.16. The second-order valence-electron chi connectivity index (χ2n) is 9.21. The number of benzene rings is 2. The van der Waals surface area contributed by atoms with Gasteiger partial charge in [0.05, 0.1) is 4.90 Å². The van der Waals surface area contributed by atoms with Gasteiger partial charge < -0.3 is 15.0 Å². The van der Waals surface area contributed by atoms with Crippen LogP contribution in [-0.4, -0.2) is 57.0 Å². The van der Waals surface area contributed by atoms with E-state index in [9.17, 15) is 18.0 Å². The molecule has 2 aromatic rings. The van der Waals surface area contributed by atoms with Gasteiger partial charge in [-0.25, -0.2) is 13.1 Å². The van der Waals surface area contributed by atoms with Crippen LogP contribution >= 0.6 is 11.6 Å². The first-order valence-corrected chi connectivity index (χ1v) is 14.6. The standard InChI is InChI=1S/C27H36ClN3O5S/c1-3-36-18-4-17-29-27(33)20(2)31(19-22-5-10-23(28)11-6-22)26(32)16-9-21-7-14-25(15-8-21)37(34,35)30-24-12-13-24/h5-8,10-11,14-15,20,24,30H,3-4,9,12-13,16-19H2,1-2H3,(H,29,33)/t20-/m0/s1. The van der Waals surface area contributed by atoms with Crippen LogP contribution in [0.4, 0.5) is 0 Å². The molecule has 2 N–H and O–H groups in total. The van der Waals surface area contributed by atoms with E-state index in [0.29, 0.717) is 37.6 Å². The molecule has 0 heterocycles. The highest BCUT2D eigenvalue weighted by molar-refractivity contribution is 7.89. The van der Waals surface area contributed by atoms with E-state index in [2.05, 4.69) is 10.0 Å². The van der Waals surface area contributed by atoms with E-state index < -0.39 is 16.1 Å². The van der Waals surface area contributed by atoms with Gasteiger partial charge >= 0.3 is 0 Å². The van der Waals surface area contributed by atoms with Crippen molar-refractivity contribution in [2.24, 2.45) is 0 Å². The van der Waals surface area contributed by atoms with E-state index >= 15 is 0 Å². The molecule has 8 nitrogen and oxygen atoms in total. The summed E-state index contributed by atoms with van der Waals surface area (Å²) in [6.07, 6.45) is 3.04. The Morgan fingerprint density at radius 1 is 1.08 bits per heavy atom. The molecule has 1 saturated carbocycles. The number of halogens is 1. The molecule has 1 aliphatic rings. The average molecular weight is 550 g/mol. The van der Waals surface area contributed by atoms with Crippen molar-refractivity contribution >= 4 is 33.4 Å². The summed E-state index contributed by atoms with van der Waals surface area (Å²) in [4.78, 5) is 27.9. The summed E-state index contributed by atoms with van der Waals surface area (Å²) in [5, 5.41) is 3.48. The molecule has 0 spiro atoms. The molecule has 3 rings (SSSR count). The minimum Gasteiger partial charge on any atom is -0.382 e. The number of carbonyl (C=O) groups excluding carboxylic acids is 2. The molecule has 37 heavy (non-hydrogen) atoms. The maximum atomic E-state index is 13.3. The zero-order valence-corrected chi connectivity index (χ0v) is 23.0. The summed E-state index contributed by atoms with van der Waals surface area (Å²) >= 11 is 6.01. The van der Waals surface area contributed by atoms with Crippen LogP contribution < -0.4 is 10.0 Å². The molecule has 0 aromatic heterocycles. The van der Waals surface area contributed by atoms with E-state index in [-0.39, 0.29) is 35.7 Å². The van der Waals surface area contributed by atoms with Gasteiger partial charge in [-0.1, -0.05) is 35.9 Å². The van der Waals surface area contributed by atoms with Crippen molar-refractivity contribution in [1.82, 2.24) is 14.9 Å². The maximum absolute atomic E-state index is 13.3. The topological polar surface area (TPSA) is 105 Å². The third-order valence-corrected chi connectivity index (χ3v) is 7.95. The Bertz CT molecular complexity index is 1140. The van der Waals surface area contributed by atoms with Gasteiger partial charge in [-0.2, -0.15) is 0 Å². The fourth-order valence-corrected chi connectivity index (χ4v) is 5.20. The molecule has 2 aromatic carbocycles. The van der Waals surface area contributed by atoms with Gasteiger partial charge in [0.15, 0.2) is 0 Å². The molecular weight excluding hydrogens is 514 g/mol. The monoisotopic (exact) mass is 549 g/mol. The number of nitrogens with one attached hydrogen (secondary N) is 2. The summed E-state index contributed by atoms with van der Waals surface area (Å²) in [5.41, 5.74) is 1.71. The minimum absolute atomic E-state index is 0.0396. The molecule has 0 unspecified atom stereocenters. The van der Waals surface area contributed by atoms with Gasteiger partial charge in [0.25, 0.3) is 0 Å². The van der Waals surface area contributed by atoms with Crippen molar-refractivity contribution in [1.29, 1.82) is 0 Å². The molecule has 0 saturated heterocycles. The number of rotatable bonds is 15. The molecule has 1 aliphatic carbocycles. The highest BCUT2D eigenvalue weighted by atomic mass is 35.5. The van der Waals surface area contributed by atoms with E-state index in [0.717, 1.165) is 24.0 Å². The molecule has 0 bridgehead atoms. The highest BCUT2D eigenvalue weighted by Crippen LogP contribution is 2.22. The number of nitrogens with zero attached hydrogens (tertiary/aromatic N) is 1. The Kier molecular flexibility index (Phi) is 10.9. The molecule has 1 fully saturated rings. The quantitative estimate of drug-likeness (QED) is 0.330. The lowest BCUT2D eigenvalue weighted by Crippen LogP contribution is -2.48. The van der Waals surface area contributed by atoms with E-state index in [1.807, 2.05) is 19.1 Å². The highest BCUT2D eigenvalue weighted by Gasteiger charge is 2.28. The van der Waals surface area contributed by atoms with Crippen LogP contribution in [0.2, 0.25) is 5.02 Å². The van der Waals surface area contributed by atoms with Gasteiger partial charge in [-0.05, 0) is 74.9 Å². The number of ether oxygens (including phenoxy) is 1. The summed E-state index contributed by atoms with van der Waals surface area (Å²) in [6.45, 7) is 5.57. The van der Waals surface area contributed by atoms with Crippen LogP contribution in [-0.2, 0) is 37.3 Å². The molecule has 1 atom stereocenters. The molecule has 0 radical (unpaired) electrons. The Labute approximate surface area is 224 Å². The van der Waals surface area contributed by atoms with E-state index in [1.165, 1.54) is 0 Å². The average Bonchev–Trinajstić information content (AvgIpc) is 3.70. The largest absolute Gasteiger partial charge is 0.382 e. The first-order valence-electron chi connectivity index (χ1n) is 12.7. The van der Waals surface area contributed by atoms with Crippen LogP contribution in [0, 0.1) is 0 Å². The van der Waals surface area contributed by atoms with Crippen LogP contribution in [0.15, 0.2) is 53.4 Å². The fourth-order valence-electron chi connectivity index (χ4n) is 3.77. The number of hydrogen-bond acceptors (Lipinski definition) is 5. The summed E-state index contributed by atoms with van der Waals surface area (Å²) < 4.78 is 32.7. The zero-order chi connectivity index (χ0) is 26.8. The summed E-state index contributed by atoms with van der Waals surface area (Å²) in [6, 6.07) is 13.1. The number of carbonyl (C=O) groups is 2. The predicted molar refractivity (Wildman–Crippen MR) is 144 cm³/mol. The normalized spacial score (nSPS) is 14.2. The van der Waals surface area contributed by atoms with Crippen LogP contribution in [0.25, 0.3) is 0 Å². The van der Waals surface area contributed by atoms with E-state index in [4.69, 9.17) is 16.3 Å². The predicted octanol–water partition coefficient (Wildman–Crippen LogP) is 3.67. The lowest BCUT2D eigenvalue weighted by Gasteiger charge is -2.29. The Balaban J connectivity index is 1.62. The molecule has 10 heteroatoms. The molecular formula is C27H36ClN3O5S. The third kappa shape index (κ3) is 9.41. The lowest BCUT2D eigenvalue weighted by molar-refractivity contribution is -0.140. The van der Waals surface area contributed by atoms with Gasteiger partial charge in [0.1, 0.15) is 6.04 Å². The number of amides is 2. The minimum atomic E-state index is -3.52. The maximum Gasteiger partial charge on any atom is 0.242 e. The second kappa shape index (κ2) is 13.9. The van der Waals surface area contributed by atoms with Gasteiger partial charge in [-0.3, -0.25) is 9.59 Å². The smallest absolute Gasteiger partial charge is 0.242 e. The first kappa shape index (κ1) is 29.1. The Hall–Kier alpha value is -2.46. The zero-order valence-electron chi connectivity index (χ0n) is 21.4. The fraction of sp³-hybridized carbons (Fsp3) is 0.481. The molecule has 0 aliphatic heterocycles. The number of aryl methyl sites for hydroxylation is 1. The van der Waals surface area contributed by atoms with Crippen LogP contribution in [0.3, 0.4) is 0 Å². The van der Waals surface area contributed by atoms with Crippen LogP contribution in [0.1, 0.15) is 50.7 Å². The summed E-state index contributed by atoms with van der Waals surface area (Å²) in [5.74, 6) is -0.393. The van der Waals surface area contributed by atoms with Gasteiger partial charge in [0, 0.05) is 43.8 Å². The first-order chi connectivity index (χ1) is 17.7. The summed E-state index contributed by atoms with van der Waals surface area (Å²) in [7, 11) is -3.52.